The summed E-state index contributed by atoms with van der Waals surface area (Å²) in [5.74, 6) is -0.649. The maximum Gasteiger partial charge on any atom is 0.266 e. The molecule has 3 aromatic carbocycles. The Balaban J connectivity index is 1.76. The van der Waals surface area contributed by atoms with E-state index < -0.39 is 11.8 Å². The predicted octanol–water partition coefficient (Wildman–Crippen LogP) is 6.94. The lowest BCUT2D eigenvalue weighted by Crippen LogP contribution is -2.20. The van der Waals surface area contributed by atoms with Crippen molar-refractivity contribution in [3.63, 3.8) is 0 Å². The highest BCUT2D eigenvalue weighted by Gasteiger charge is 2.14. The molecule has 0 spiro atoms. The summed E-state index contributed by atoms with van der Waals surface area (Å²) in [4.78, 5) is 25.1. The van der Waals surface area contributed by atoms with Crippen LogP contribution in [0.3, 0.4) is 0 Å². The largest absolute Gasteiger partial charge is 0.483 e. The summed E-state index contributed by atoms with van der Waals surface area (Å²) in [7, 11) is 0. The molecular weight excluding hydrogens is 553 g/mol. The van der Waals surface area contributed by atoms with Crippen molar-refractivity contribution >= 4 is 68.4 Å². The Morgan fingerprint density at radius 1 is 1.06 bits per heavy atom. The molecule has 0 aliphatic rings. The van der Waals surface area contributed by atoms with E-state index in [4.69, 9.17) is 27.9 Å². The molecule has 0 saturated carbocycles. The topological polar surface area (TPSA) is 91.2 Å². The van der Waals surface area contributed by atoms with Gasteiger partial charge in [0, 0.05) is 21.4 Å². The molecule has 0 unspecified atom stereocenters. The first-order valence-electron chi connectivity index (χ1n) is 10.3. The molecule has 3 rings (SSSR count). The first kappa shape index (κ1) is 26.3. The minimum Gasteiger partial charge on any atom is -0.483 e. The fraction of sp³-hybridized carbons (Fsp3) is 0.115. The van der Waals surface area contributed by atoms with Crippen molar-refractivity contribution in [3.05, 3.63) is 91.4 Å². The number of carbonyl (C=O) groups excluding carboxylic acids is 2. The number of nitrogens with one attached hydrogen (secondary N) is 2. The van der Waals surface area contributed by atoms with E-state index in [9.17, 15) is 14.9 Å². The van der Waals surface area contributed by atoms with Gasteiger partial charge in [-0.15, -0.1) is 0 Å². The predicted molar refractivity (Wildman–Crippen MR) is 143 cm³/mol. The first-order valence-corrected chi connectivity index (χ1v) is 11.9. The number of amides is 2. The number of rotatable bonds is 7. The molecule has 35 heavy (non-hydrogen) atoms. The molecule has 0 radical (unpaired) electrons. The quantitative estimate of drug-likeness (QED) is 0.237. The number of halogens is 3. The summed E-state index contributed by atoms with van der Waals surface area (Å²) in [6.45, 7) is 3.53. The van der Waals surface area contributed by atoms with Gasteiger partial charge in [-0.25, -0.2) is 0 Å². The van der Waals surface area contributed by atoms with Crippen molar-refractivity contribution in [1.29, 1.82) is 5.26 Å². The second-order valence-electron chi connectivity index (χ2n) is 7.52. The molecule has 178 valence electrons. The van der Waals surface area contributed by atoms with Crippen LogP contribution >= 0.6 is 39.1 Å². The van der Waals surface area contributed by atoms with Gasteiger partial charge in [0.2, 0.25) is 0 Å². The third-order valence-corrected chi connectivity index (χ3v) is 6.28. The van der Waals surface area contributed by atoms with Crippen molar-refractivity contribution in [2.45, 2.75) is 13.8 Å². The lowest BCUT2D eigenvalue weighted by molar-refractivity contribution is -0.118. The summed E-state index contributed by atoms with van der Waals surface area (Å²) >= 11 is 15.3. The number of anilines is 2. The van der Waals surface area contributed by atoms with Crippen LogP contribution in [0.2, 0.25) is 10.0 Å². The zero-order valence-electron chi connectivity index (χ0n) is 18.8. The number of nitriles is 1. The zero-order chi connectivity index (χ0) is 25.5. The molecule has 0 atom stereocenters. The highest BCUT2D eigenvalue weighted by Crippen LogP contribution is 2.27. The van der Waals surface area contributed by atoms with Gasteiger partial charge in [0.1, 0.15) is 17.4 Å². The van der Waals surface area contributed by atoms with Gasteiger partial charge in [0.15, 0.2) is 6.61 Å². The first-order chi connectivity index (χ1) is 16.7. The summed E-state index contributed by atoms with van der Waals surface area (Å²) < 4.78 is 6.39. The van der Waals surface area contributed by atoms with Crippen LogP contribution in [0.1, 0.15) is 16.7 Å². The van der Waals surface area contributed by atoms with Crippen LogP contribution in [-0.4, -0.2) is 18.4 Å². The molecule has 0 heterocycles. The number of carbonyl (C=O) groups is 2. The van der Waals surface area contributed by atoms with Gasteiger partial charge in [-0.2, -0.15) is 5.26 Å². The lowest BCUT2D eigenvalue weighted by Gasteiger charge is -2.12. The minimum atomic E-state index is -0.551. The zero-order valence-corrected chi connectivity index (χ0v) is 21.9. The Bertz CT molecular complexity index is 1370. The van der Waals surface area contributed by atoms with Gasteiger partial charge in [0.25, 0.3) is 11.8 Å². The van der Waals surface area contributed by atoms with E-state index in [1.807, 2.05) is 32.0 Å². The highest BCUT2D eigenvalue weighted by atomic mass is 79.9. The van der Waals surface area contributed by atoms with E-state index >= 15 is 0 Å². The summed E-state index contributed by atoms with van der Waals surface area (Å²) in [6.07, 6.45) is 1.41. The molecule has 0 fully saturated rings. The molecule has 6 nitrogen and oxygen atoms in total. The average molecular weight is 573 g/mol. The van der Waals surface area contributed by atoms with Crippen LogP contribution in [0, 0.1) is 25.2 Å². The third-order valence-electron chi connectivity index (χ3n) is 5.05. The summed E-state index contributed by atoms with van der Waals surface area (Å²) in [6, 6.07) is 17.3. The van der Waals surface area contributed by atoms with Gasteiger partial charge in [-0.1, -0.05) is 51.3 Å². The van der Waals surface area contributed by atoms with Gasteiger partial charge < -0.3 is 15.4 Å². The summed E-state index contributed by atoms with van der Waals surface area (Å²) in [5, 5.41) is 15.8. The fourth-order valence-corrected chi connectivity index (χ4v) is 3.73. The second kappa shape index (κ2) is 11.9. The van der Waals surface area contributed by atoms with Crippen molar-refractivity contribution in [3.8, 4) is 11.8 Å². The Kier molecular flexibility index (Phi) is 8.94. The normalized spacial score (nSPS) is 10.9. The lowest BCUT2D eigenvalue weighted by atomic mass is 10.1. The Morgan fingerprint density at radius 2 is 1.83 bits per heavy atom. The Morgan fingerprint density at radius 3 is 2.54 bits per heavy atom. The number of hydrogen-bond donors (Lipinski definition) is 2. The molecule has 0 aliphatic carbocycles. The average Bonchev–Trinajstić information content (AvgIpc) is 2.82. The number of ether oxygens (including phenoxy) is 1. The number of hydrogen-bond acceptors (Lipinski definition) is 4. The van der Waals surface area contributed by atoms with E-state index in [1.54, 1.807) is 36.4 Å². The van der Waals surface area contributed by atoms with Crippen LogP contribution in [0.5, 0.6) is 5.75 Å². The van der Waals surface area contributed by atoms with Crippen molar-refractivity contribution in [2.75, 3.05) is 17.2 Å². The molecule has 9 heteroatoms. The maximum atomic E-state index is 12.8. The van der Waals surface area contributed by atoms with Gasteiger partial charge >= 0.3 is 0 Å². The maximum absolute atomic E-state index is 12.8. The van der Waals surface area contributed by atoms with E-state index in [0.29, 0.717) is 37.2 Å². The van der Waals surface area contributed by atoms with Crippen LogP contribution < -0.4 is 15.4 Å². The van der Waals surface area contributed by atoms with Crippen LogP contribution in [0.15, 0.2) is 64.6 Å². The summed E-state index contributed by atoms with van der Waals surface area (Å²) in [5.41, 5.74) is 3.37. The van der Waals surface area contributed by atoms with E-state index in [2.05, 4.69) is 26.6 Å². The molecule has 0 aliphatic heterocycles. The van der Waals surface area contributed by atoms with Crippen molar-refractivity contribution in [2.24, 2.45) is 0 Å². The molecule has 0 bridgehead atoms. The molecule has 2 amide bonds. The fourth-order valence-electron chi connectivity index (χ4n) is 3.06. The number of nitrogens with zero attached hydrogens (tertiary/aromatic N) is 1. The molecule has 0 aromatic heterocycles. The van der Waals surface area contributed by atoms with Gasteiger partial charge in [-0.05, 0) is 73.5 Å². The standard InChI is InChI=1S/C26H20BrCl2N3O3/c1-15-4-3-5-23(16(15)2)32-26(34)18(13-30)10-17-11-19(27)6-9-24(17)35-14-25(33)31-20-7-8-21(28)22(29)12-20/h3-12H,14H2,1-2H3,(H,31,33)(H,32,34)/b18-10-. The number of benzene rings is 3. The van der Waals surface area contributed by atoms with Crippen LogP contribution in [0.4, 0.5) is 11.4 Å². The van der Waals surface area contributed by atoms with E-state index in [1.165, 1.54) is 12.1 Å². The van der Waals surface area contributed by atoms with E-state index in [-0.39, 0.29) is 12.2 Å². The molecule has 3 aromatic rings. The third kappa shape index (κ3) is 7.09. The van der Waals surface area contributed by atoms with Crippen LogP contribution in [-0.2, 0) is 9.59 Å². The molecular formula is C26H20BrCl2N3O3. The Labute approximate surface area is 221 Å². The molecule has 2 N–H and O–H groups in total. The second-order valence-corrected chi connectivity index (χ2v) is 9.25. The Hall–Kier alpha value is -3.31. The van der Waals surface area contributed by atoms with Crippen molar-refractivity contribution in [1.82, 2.24) is 0 Å². The van der Waals surface area contributed by atoms with Crippen molar-refractivity contribution < 1.29 is 14.3 Å². The van der Waals surface area contributed by atoms with Gasteiger partial charge in [0.05, 0.1) is 10.0 Å². The number of aryl methyl sites for hydroxylation is 1. The SMILES string of the molecule is Cc1cccc(NC(=O)/C(C#N)=C\c2cc(Br)ccc2OCC(=O)Nc2ccc(Cl)c(Cl)c2)c1C. The van der Waals surface area contributed by atoms with Crippen LogP contribution in [0.25, 0.3) is 6.08 Å². The monoisotopic (exact) mass is 571 g/mol. The smallest absolute Gasteiger partial charge is 0.266 e. The highest BCUT2D eigenvalue weighted by molar-refractivity contribution is 9.10. The molecule has 0 saturated heterocycles. The minimum absolute atomic E-state index is 0.117. The van der Waals surface area contributed by atoms with E-state index in [0.717, 1.165) is 11.1 Å². The van der Waals surface area contributed by atoms with Gasteiger partial charge in [-0.3, -0.25) is 9.59 Å².